The predicted octanol–water partition coefficient (Wildman–Crippen LogP) is 4.18. The van der Waals surface area contributed by atoms with Crippen molar-refractivity contribution in [3.63, 3.8) is 0 Å². The van der Waals surface area contributed by atoms with Crippen LogP contribution in [-0.4, -0.2) is 16.9 Å². The minimum Gasteiger partial charge on any atom is -0.481 e. The average Bonchev–Trinajstić information content (AvgIpc) is 3.29. The van der Waals surface area contributed by atoms with Crippen LogP contribution in [0, 0.1) is 6.92 Å². The third kappa shape index (κ3) is 4.53. The van der Waals surface area contributed by atoms with Crippen LogP contribution in [0.4, 0.5) is 0 Å². The zero-order valence-electron chi connectivity index (χ0n) is 14.3. The van der Waals surface area contributed by atoms with Crippen molar-refractivity contribution in [2.24, 2.45) is 0 Å². The number of hydrogen-bond acceptors (Lipinski definition) is 4. The molecule has 0 saturated heterocycles. The molecule has 130 valence electrons. The summed E-state index contributed by atoms with van der Waals surface area (Å²) >= 11 is 0. The van der Waals surface area contributed by atoms with Gasteiger partial charge in [0.2, 0.25) is 0 Å². The zero-order valence-corrected chi connectivity index (χ0v) is 14.3. The molecule has 0 bridgehead atoms. The number of carbonyl (C=O) groups excluding carboxylic acids is 1. The van der Waals surface area contributed by atoms with Gasteiger partial charge in [-0.1, -0.05) is 17.7 Å². The highest BCUT2D eigenvalue weighted by Crippen LogP contribution is 2.17. The third-order valence-corrected chi connectivity index (χ3v) is 3.85. The van der Waals surface area contributed by atoms with Gasteiger partial charge in [0, 0.05) is 0 Å². The van der Waals surface area contributed by atoms with Gasteiger partial charge in [-0.2, -0.15) is 0 Å². The molecule has 0 aliphatic carbocycles. The number of amides is 1. The van der Waals surface area contributed by atoms with Crippen molar-refractivity contribution in [3.8, 4) is 5.75 Å². The van der Waals surface area contributed by atoms with Gasteiger partial charge in [-0.25, -0.2) is 0 Å². The smallest absolute Gasteiger partial charge is 0.264 e. The Bertz CT molecular complexity index is 739. The summed E-state index contributed by atoms with van der Waals surface area (Å²) in [4.78, 5) is 14.5. The average molecular weight is 339 g/mol. The van der Waals surface area contributed by atoms with Crippen molar-refractivity contribution in [1.29, 1.82) is 0 Å². The second-order valence-corrected chi connectivity index (χ2v) is 5.93. The normalized spacial score (nSPS) is 11.9. The van der Waals surface area contributed by atoms with Crippen molar-refractivity contribution >= 4 is 5.91 Å². The minimum atomic E-state index is -0.618. The van der Waals surface area contributed by atoms with Crippen LogP contribution in [0.2, 0.25) is 0 Å². The van der Waals surface area contributed by atoms with E-state index in [9.17, 15) is 4.79 Å². The molecule has 1 aromatic carbocycles. The molecule has 2 aromatic heterocycles. The van der Waals surface area contributed by atoms with Crippen LogP contribution in [0.5, 0.6) is 5.75 Å². The number of rotatable bonds is 7. The van der Waals surface area contributed by atoms with Crippen LogP contribution in [-0.2, 0) is 17.9 Å². The Kier molecular flexibility index (Phi) is 5.23. The Morgan fingerprint density at radius 1 is 1.00 bits per heavy atom. The zero-order chi connectivity index (χ0) is 17.6. The monoisotopic (exact) mass is 339 g/mol. The molecular formula is C20H21NO4. The van der Waals surface area contributed by atoms with Gasteiger partial charge in [0.15, 0.2) is 6.10 Å². The first-order valence-electron chi connectivity index (χ1n) is 8.18. The molecule has 3 rings (SSSR count). The Labute approximate surface area is 146 Å². The van der Waals surface area contributed by atoms with E-state index in [1.807, 2.05) is 43.3 Å². The summed E-state index contributed by atoms with van der Waals surface area (Å²) in [5.74, 6) is 1.96. The third-order valence-electron chi connectivity index (χ3n) is 3.85. The molecule has 3 aromatic rings. The largest absolute Gasteiger partial charge is 0.481 e. The number of hydrogen-bond donors (Lipinski definition) is 0. The fourth-order valence-corrected chi connectivity index (χ4v) is 2.52. The van der Waals surface area contributed by atoms with Crippen LogP contribution in [0.1, 0.15) is 24.0 Å². The molecule has 25 heavy (non-hydrogen) atoms. The topological polar surface area (TPSA) is 55.8 Å². The first-order chi connectivity index (χ1) is 12.1. The van der Waals surface area contributed by atoms with Gasteiger partial charge in [-0.05, 0) is 50.2 Å². The molecule has 5 heteroatoms. The van der Waals surface area contributed by atoms with E-state index in [1.165, 1.54) is 0 Å². The highest BCUT2D eigenvalue weighted by atomic mass is 16.5. The van der Waals surface area contributed by atoms with E-state index in [0.29, 0.717) is 30.4 Å². The molecular weight excluding hydrogens is 318 g/mol. The predicted molar refractivity (Wildman–Crippen MR) is 92.9 cm³/mol. The Hall–Kier alpha value is -2.95. The molecule has 1 amide bonds. The Balaban J connectivity index is 1.71. The molecule has 1 unspecified atom stereocenters. The van der Waals surface area contributed by atoms with Gasteiger partial charge < -0.3 is 18.5 Å². The van der Waals surface area contributed by atoms with Crippen LogP contribution in [0.15, 0.2) is 69.9 Å². The van der Waals surface area contributed by atoms with E-state index < -0.39 is 6.10 Å². The van der Waals surface area contributed by atoms with Gasteiger partial charge in [0.25, 0.3) is 5.91 Å². The second kappa shape index (κ2) is 7.75. The lowest BCUT2D eigenvalue weighted by Gasteiger charge is -2.24. The molecule has 0 saturated carbocycles. The highest BCUT2D eigenvalue weighted by molar-refractivity contribution is 5.80. The molecule has 0 aliphatic heterocycles. The summed E-state index contributed by atoms with van der Waals surface area (Å²) < 4.78 is 16.6. The summed E-state index contributed by atoms with van der Waals surface area (Å²) in [5.41, 5.74) is 1.14. The standard InChI is InChI=1S/C20H21NO4/c1-15-7-9-17(10-8-15)25-16(2)20(22)21(13-18-5-3-11-23-18)14-19-6-4-12-24-19/h3-12,16H,13-14H2,1-2H3. The lowest BCUT2D eigenvalue weighted by molar-refractivity contribution is -0.139. The first kappa shape index (κ1) is 16.9. The van der Waals surface area contributed by atoms with E-state index in [2.05, 4.69) is 0 Å². The molecule has 0 radical (unpaired) electrons. The van der Waals surface area contributed by atoms with E-state index >= 15 is 0 Å². The lowest BCUT2D eigenvalue weighted by Crippen LogP contribution is -2.39. The molecule has 0 N–H and O–H groups in total. The van der Waals surface area contributed by atoms with Crippen LogP contribution in [0.25, 0.3) is 0 Å². The fourth-order valence-electron chi connectivity index (χ4n) is 2.52. The fraction of sp³-hybridized carbons (Fsp3) is 0.250. The van der Waals surface area contributed by atoms with Crippen LogP contribution in [0.3, 0.4) is 0 Å². The number of aryl methyl sites for hydroxylation is 1. The van der Waals surface area contributed by atoms with Gasteiger partial charge in [0.1, 0.15) is 17.3 Å². The SMILES string of the molecule is Cc1ccc(OC(C)C(=O)N(Cc2ccco2)Cc2ccco2)cc1. The maximum absolute atomic E-state index is 12.9. The first-order valence-corrected chi connectivity index (χ1v) is 8.18. The summed E-state index contributed by atoms with van der Waals surface area (Å²) in [7, 11) is 0. The van der Waals surface area contributed by atoms with Crippen molar-refractivity contribution in [3.05, 3.63) is 78.1 Å². The van der Waals surface area contributed by atoms with Gasteiger partial charge >= 0.3 is 0 Å². The second-order valence-electron chi connectivity index (χ2n) is 5.93. The van der Waals surface area contributed by atoms with Crippen LogP contribution >= 0.6 is 0 Å². The van der Waals surface area contributed by atoms with Crippen LogP contribution < -0.4 is 4.74 Å². The van der Waals surface area contributed by atoms with Gasteiger partial charge in [-0.15, -0.1) is 0 Å². The maximum Gasteiger partial charge on any atom is 0.264 e. The van der Waals surface area contributed by atoms with E-state index in [-0.39, 0.29) is 5.91 Å². The summed E-state index contributed by atoms with van der Waals surface area (Å²) in [6, 6.07) is 14.9. The summed E-state index contributed by atoms with van der Waals surface area (Å²) in [5, 5.41) is 0. The molecule has 0 aliphatic rings. The Morgan fingerprint density at radius 3 is 2.04 bits per heavy atom. The number of furan rings is 2. The molecule has 0 fully saturated rings. The Morgan fingerprint density at radius 2 is 1.56 bits per heavy atom. The summed E-state index contributed by atoms with van der Waals surface area (Å²) in [6.07, 6.45) is 2.57. The molecule has 5 nitrogen and oxygen atoms in total. The quantitative estimate of drug-likeness (QED) is 0.648. The van der Waals surface area contributed by atoms with Gasteiger partial charge in [0.05, 0.1) is 25.6 Å². The van der Waals surface area contributed by atoms with E-state index in [0.717, 1.165) is 5.56 Å². The summed E-state index contributed by atoms with van der Waals surface area (Å²) in [6.45, 7) is 4.47. The maximum atomic E-state index is 12.9. The van der Waals surface area contributed by atoms with Crippen molar-refractivity contribution in [1.82, 2.24) is 4.90 Å². The minimum absolute atomic E-state index is 0.131. The van der Waals surface area contributed by atoms with E-state index in [4.69, 9.17) is 13.6 Å². The molecule has 1 atom stereocenters. The molecule has 0 spiro atoms. The van der Waals surface area contributed by atoms with E-state index in [1.54, 1.807) is 36.5 Å². The molecule has 2 heterocycles. The number of ether oxygens (including phenoxy) is 1. The number of carbonyl (C=O) groups is 1. The number of benzene rings is 1. The highest BCUT2D eigenvalue weighted by Gasteiger charge is 2.24. The number of nitrogens with zero attached hydrogens (tertiary/aromatic N) is 1. The van der Waals surface area contributed by atoms with Gasteiger partial charge in [-0.3, -0.25) is 4.79 Å². The van der Waals surface area contributed by atoms with Crippen molar-refractivity contribution < 1.29 is 18.4 Å². The lowest BCUT2D eigenvalue weighted by atomic mass is 10.2. The van der Waals surface area contributed by atoms with Crippen molar-refractivity contribution in [2.75, 3.05) is 0 Å². The van der Waals surface area contributed by atoms with Crippen molar-refractivity contribution in [2.45, 2.75) is 33.0 Å².